The van der Waals surface area contributed by atoms with Crippen molar-refractivity contribution in [2.45, 2.75) is 26.8 Å². The van der Waals surface area contributed by atoms with Crippen LogP contribution in [-0.4, -0.2) is 30.2 Å². The number of esters is 1. The maximum Gasteiger partial charge on any atom is 0.325 e. The first-order chi connectivity index (χ1) is 8.95. The first-order valence-electron chi connectivity index (χ1n) is 6.27. The summed E-state index contributed by atoms with van der Waals surface area (Å²) in [5, 5.41) is 0. The standard InChI is InChI=1S/C14H20N2O2S/c1-4-18-13(17)9-16(10(2)3)12-7-5-11(6-8-12)14(15)19/h5-8,10H,4,9H2,1-3H3,(H2,15,19). The summed E-state index contributed by atoms with van der Waals surface area (Å²) in [6.45, 7) is 6.49. The molecular formula is C14H20N2O2S. The van der Waals surface area contributed by atoms with Crippen LogP contribution in [0, 0.1) is 0 Å². The van der Waals surface area contributed by atoms with Crippen LogP contribution in [0.3, 0.4) is 0 Å². The Balaban J connectivity index is 2.87. The van der Waals surface area contributed by atoms with E-state index in [1.807, 2.05) is 43.0 Å². The lowest BCUT2D eigenvalue weighted by Gasteiger charge is -2.28. The molecule has 0 saturated carbocycles. The summed E-state index contributed by atoms with van der Waals surface area (Å²) in [7, 11) is 0. The van der Waals surface area contributed by atoms with Crippen LogP contribution in [0.5, 0.6) is 0 Å². The van der Waals surface area contributed by atoms with Crippen LogP contribution in [0.2, 0.25) is 0 Å². The van der Waals surface area contributed by atoms with Crippen LogP contribution in [-0.2, 0) is 9.53 Å². The van der Waals surface area contributed by atoms with Crippen molar-refractivity contribution in [2.75, 3.05) is 18.1 Å². The first kappa shape index (κ1) is 15.4. The molecule has 0 spiro atoms. The number of benzene rings is 1. The van der Waals surface area contributed by atoms with Gasteiger partial charge >= 0.3 is 5.97 Å². The fourth-order valence-corrected chi connectivity index (χ4v) is 1.87. The number of hydrogen-bond donors (Lipinski definition) is 1. The van der Waals surface area contributed by atoms with Crippen molar-refractivity contribution < 1.29 is 9.53 Å². The molecule has 1 rings (SSSR count). The highest BCUT2D eigenvalue weighted by Gasteiger charge is 2.15. The van der Waals surface area contributed by atoms with Crippen LogP contribution in [0.4, 0.5) is 5.69 Å². The second-order valence-electron chi connectivity index (χ2n) is 4.44. The summed E-state index contributed by atoms with van der Waals surface area (Å²) in [6.07, 6.45) is 0. The molecular weight excluding hydrogens is 260 g/mol. The fourth-order valence-electron chi connectivity index (χ4n) is 1.73. The van der Waals surface area contributed by atoms with Crippen LogP contribution >= 0.6 is 12.2 Å². The van der Waals surface area contributed by atoms with Gasteiger partial charge in [-0.2, -0.15) is 0 Å². The van der Waals surface area contributed by atoms with E-state index in [9.17, 15) is 4.79 Å². The molecule has 0 saturated heterocycles. The predicted molar refractivity (Wildman–Crippen MR) is 81.4 cm³/mol. The lowest BCUT2D eigenvalue weighted by atomic mass is 10.1. The number of ether oxygens (including phenoxy) is 1. The third-order valence-electron chi connectivity index (χ3n) is 2.71. The number of carbonyl (C=O) groups is 1. The van der Waals surface area contributed by atoms with Crippen molar-refractivity contribution in [1.29, 1.82) is 0 Å². The molecule has 0 aromatic heterocycles. The van der Waals surface area contributed by atoms with Gasteiger partial charge in [0.25, 0.3) is 0 Å². The van der Waals surface area contributed by atoms with E-state index in [-0.39, 0.29) is 18.6 Å². The summed E-state index contributed by atoms with van der Waals surface area (Å²) >= 11 is 4.92. The summed E-state index contributed by atoms with van der Waals surface area (Å²) in [6, 6.07) is 7.73. The summed E-state index contributed by atoms with van der Waals surface area (Å²) in [5.41, 5.74) is 7.33. The molecule has 104 valence electrons. The molecule has 0 aliphatic carbocycles. The van der Waals surface area contributed by atoms with E-state index in [1.165, 1.54) is 0 Å². The minimum Gasteiger partial charge on any atom is -0.465 e. The van der Waals surface area contributed by atoms with Gasteiger partial charge in [-0.25, -0.2) is 0 Å². The van der Waals surface area contributed by atoms with E-state index in [1.54, 1.807) is 6.92 Å². The second kappa shape index (κ2) is 7.09. The van der Waals surface area contributed by atoms with Crippen LogP contribution in [0.15, 0.2) is 24.3 Å². The van der Waals surface area contributed by atoms with E-state index in [0.29, 0.717) is 11.6 Å². The Morgan fingerprint density at radius 3 is 2.37 bits per heavy atom. The maximum absolute atomic E-state index is 11.6. The van der Waals surface area contributed by atoms with Crippen molar-refractivity contribution in [3.63, 3.8) is 0 Å². The Morgan fingerprint density at radius 2 is 1.95 bits per heavy atom. The molecule has 0 bridgehead atoms. The predicted octanol–water partition coefficient (Wildman–Crippen LogP) is 2.10. The Labute approximate surface area is 119 Å². The largest absolute Gasteiger partial charge is 0.465 e. The molecule has 19 heavy (non-hydrogen) atoms. The average molecular weight is 280 g/mol. The molecule has 0 heterocycles. The summed E-state index contributed by atoms with van der Waals surface area (Å²) < 4.78 is 4.98. The molecule has 0 fully saturated rings. The highest BCUT2D eigenvalue weighted by atomic mass is 32.1. The Morgan fingerprint density at radius 1 is 1.37 bits per heavy atom. The summed E-state index contributed by atoms with van der Waals surface area (Å²) in [5.74, 6) is -0.227. The van der Waals surface area contributed by atoms with Crippen molar-refractivity contribution in [1.82, 2.24) is 0 Å². The van der Waals surface area contributed by atoms with Gasteiger partial charge in [-0.1, -0.05) is 12.2 Å². The topological polar surface area (TPSA) is 55.6 Å². The lowest BCUT2D eigenvalue weighted by molar-refractivity contribution is -0.141. The van der Waals surface area contributed by atoms with Gasteiger partial charge in [-0.05, 0) is 45.0 Å². The third kappa shape index (κ3) is 4.52. The lowest BCUT2D eigenvalue weighted by Crippen LogP contribution is -2.36. The van der Waals surface area contributed by atoms with Crippen molar-refractivity contribution in [3.05, 3.63) is 29.8 Å². The monoisotopic (exact) mass is 280 g/mol. The van der Waals surface area contributed by atoms with E-state index in [0.717, 1.165) is 11.3 Å². The van der Waals surface area contributed by atoms with Gasteiger partial charge in [-0.3, -0.25) is 4.79 Å². The number of thiocarbonyl (C=S) groups is 1. The SMILES string of the molecule is CCOC(=O)CN(c1ccc(C(N)=S)cc1)C(C)C. The molecule has 0 radical (unpaired) electrons. The van der Waals surface area contributed by atoms with Crippen molar-refractivity contribution in [2.24, 2.45) is 5.73 Å². The molecule has 4 nitrogen and oxygen atoms in total. The van der Waals surface area contributed by atoms with Gasteiger partial charge in [-0.15, -0.1) is 0 Å². The highest BCUT2D eigenvalue weighted by molar-refractivity contribution is 7.80. The van der Waals surface area contributed by atoms with Gasteiger partial charge in [0, 0.05) is 17.3 Å². The number of rotatable bonds is 6. The van der Waals surface area contributed by atoms with Crippen molar-refractivity contribution >= 4 is 28.9 Å². The zero-order valence-electron chi connectivity index (χ0n) is 11.6. The minimum absolute atomic E-state index is 0.195. The number of nitrogens with two attached hydrogens (primary N) is 1. The van der Waals surface area contributed by atoms with E-state index >= 15 is 0 Å². The third-order valence-corrected chi connectivity index (χ3v) is 2.95. The van der Waals surface area contributed by atoms with E-state index in [2.05, 4.69) is 0 Å². The molecule has 0 aliphatic heterocycles. The average Bonchev–Trinajstić information content (AvgIpc) is 2.36. The van der Waals surface area contributed by atoms with Gasteiger partial charge in [0.15, 0.2) is 0 Å². The van der Waals surface area contributed by atoms with Gasteiger partial charge in [0.2, 0.25) is 0 Å². The second-order valence-corrected chi connectivity index (χ2v) is 4.88. The zero-order valence-corrected chi connectivity index (χ0v) is 12.4. The zero-order chi connectivity index (χ0) is 14.4. The van der Waals surface area contributed by atoms with Crippen molar-refractivity contribution in [3.8, 4) is 0 Å². The number of nitrogens with zero attached hydrogens (tertiary/aromatic N) is 1. The Hall–Kier alpha value is -1.62. The first-order valence-corrected chi connectivity index (χ1v) is 6.68. The molecule has 1 aromatic carbocycles. The summed E-state index contributed by atoms with van der Waals surface area (Å²) in [4.78, 5) is 13.9. The quantitative estimate of drug-likeness (QED) is 0.639. The van der Waals surface area contributed by atoms with Crippen LogP contribution < -0.4 is 10.6 Å². The molecule has 0 amide bonds. The fraction of sp³-hybridized carbons (Fsp3) is 0.429. The van der Waals surface area contributed by atoms with E-state index < -0.39 is 0 Å². The molecule has 0 unspecified atom stereocenters. The molecule has 0 aliphatic rings. The molecule has 2 N–H and O–H groups in total. The number of anilines is 1. The smallest absolute Gasteiger partial charge is 0.325 e. The van der Waals surface area contributed by atoms with Crippen LogP contribution in [0.1, 0.15) is 26.3 Å². The highest BCUT2D eigenvalue weighted by Crippen LogP contribution is 2.18. The Kier molecular flexibility index (Phi) is 5.76. The normalized spacial score (nSPS) is 10.3. The molecule has 5 heteroatoms. The van der Waals surface area contributed by atoms with Gasteiger partial charge in [0.05, 0.1) is 6.61 Å². The maximum atomic E-state index is 11.6. The van der Waals surface area contributed by atoms with Crippen LogP contribution in [0.25, 0.3) is 0 Å². The van der Waals surface area contributed by atoms with Gasteiger partial charge < -0.3 is 15.4 Å². The Bertz CT molecular complexity index is 443. The molecule has 1 aromatic rings. The number of carbonyl (C=O) groups excluding carboxylic acids is 1. The minimum atomic E-state index is -0.227. The number of hydrogen-bond acceptors (Lipinski definition) is 4. The van der Waals surface area contributed by atoms with E-state index in [4.69, 9.17) is 22.7 Å². The molecule has 0 atom stereocenters. The van der Waals surface area contributed by atoms with Gasteiger partial charge in [0.1, 0.15) is 11.5 Å².